The molecule has 0 aliphatic carbocycles. The Morgan fingerprint density at radius 2 is 1.84 bits per heavy atom. The van der Waals surface area contributed by atoms with Crippen LogP contribution in [0.15, 0.2) is 65.6 Å². The van der Waals surface area contributed by atoms with Gasteiger partial charge in [0.2, 0.25) is 5.91 Å². The number of carbonyl (C=O) groups is 1. The molecule has 2 aromatic heterocycles. The van der Waals surface area contributed by atoms with Crippen molar-refractivity contribution in [2.45, 2.75) is 33.0 Å². The van der Waals surface area contributed by atoms with Crippen LogP contribution >= 0.6 is 0 Å². The maximum absolute atomic E-state index is 12.8. The first-order chi connectivity index (χ1) is 15.0. The van der Waals surface area contributed by atoms with E-state index in [0.717, 1.165) is 29.4 Å². The molecule has 0 atom stereocenters. The van der Waals surface area contributed by atoms with Crippen LogP contribution < -0.4 is 10.9 Å². The molecular weight excluding hydrogens is 390 g/mol. The average Bonchev–Trinajstić information content (AvgIpc) is 3.15. The minimum Gasteiger partial charge on any atom is -0.353 e. The number of nitrogens with zero attached hydrogens (tertiary/aromatic N) is 3. The van der Waals surface area contributed by atoms with Crippen LogP contribution in [0.1, 0.15) is 19.4 Å². The number of hydrogen-bond donors (Lipinski definition) is 2. The number of benzene rings is 2. The van der Waals surface area contributed by atoms with E-state index in [1.54, 1.807) is 6.20 Å². The summed E-state index contributed by atoms with van der Waals surface area (Å²) in [5.41, 5.74) is 2.30. The van der Waals surface area contributed by atoms with Crippen molar-refractivity contribution in [3.8, 4) is 0 Å². The molecule has 2 aromatic carbocycles. The van der Waals surface area contributed by atoms with Crippen LogP contribution in [0.25, 0.3) is 21.8 Å². The van der Waals surface area contributed by atoms with Gasteiger partial charge in [0.15, 0.2) is 0 Å². The van der Waals surface area contributed by atoms with Crippen LogP contribution in [0.3, 0.4) is 0 Å². The number of rotatable bonds is 8. The molecule has 0 bridgehead atoms. The van der Waals surface area contributed by atoms with Crippen LogP contribution in [-0.2, 0) is 17.9 Å². The van der Waals surface area contributed by atoms with E-state index in [1.807, 2.05) is 42.5 Å². The van der Waals surface area contributed by atoms with Crippen molar-refractivity contribution in [3.05, 3.63) is 76.7 Å². The lowest BCUT2D eigenvalue weighted by Gasteiger charge is -2.26. The SMILES string of the molecule is CC(C)N(CCNC(=O)Cn1ncc2c([nH]c3ccccc32)c1=O)Cc1ccccc1. The highest BCUT2D eigenvalue weighted by Crippen LogP contribution is 2.21. The van der Waals surface area contributed by atoms with Crippen molar-refractivity contribution >= 4 is 27.7 Å². The number of aromatic amines is 1. The summed E-state index contributed by atoms with van der Waals surface area (Å²) in [5.74, 6) is -0.228. The fourth-order valence-electron chi connectivity index (χ4n) is 3.76. The molecule has 0 spiro atoms. The molecule has 0 saturated carbocycles. The van der Waals surface area contributed by atoms with Gasteiger partial charge >= 0.3 is 0 Å². The minimum atomic E-state index is -0.295. The van der Waals surface area contributed by atoms with E-state index in [2.05, 4.69) is 46.3 Å². The van der Waals surface area contributed by atoms with Crippen molar-refractivity contribution in [1.82, 2.24) is 25.0 Å². The molecule has 4 aromatic rings. The highest BCUT2D eigenvalue weighted by atomic mass is 16.2. The van der Waals surface area contributed by atoms with Gasteiger partial charge in [0.25, 0.3) is 5.56 Å². The first-order valence-corrected chi connectivity index (χ1v) is 10.5. The Bertz CT molecular complexity index is 1240. The number of fused-ring (bicyclic) bond motifs is 3. The molecule has 7 heteroatoms. The fraction of sp³-hybridized carbons (Fsp3) is 0.292. The van der Waals surface area contributed by atoms with Gasteiger partial charge in [-0.05, 0) is 25.5 Å². The van der Waals surface area contributed by atoms with Gasteiger partial charge in [0, 0.05) is 42.0 Å². The zero-order chi connectivity index (χ0) is 21.8. The molecule has 7 nitrogen and oxygen atoms in total. The molecule has 0 radical (unpaired) electrons. The number of hydrogen-bond acceptors (Lipinski definition) is 4. The molecule has 0 unspecified atom stereocenters. The number of amides is 1. The van der Waals surface area contributed by atoms with Crippen LogP contribution in [0.2, 0.25) is 0 Å². The number of nitrogens with one attached hydrogen (secondary N) is 2. The lowest BCUT2D eigenvalue weighted by Crippen LogP contribution is -2.40. The average molecular weight is 418 g/mol. The van der Waals surface area contributed by atoms with Gasteiger partial charge in [-0.1, -0.05) is 48.5 Å². The lowest BCUT2D eigenvalue weighted by atomic mass is 10.2. The fourth-order valence-corrected chi connectivity index (χ4v) is 3.76. The summed E-state index contributed by atoms with van der Waals surface area (Å²) in [6, 6.07) is 18.3. The Morgan fingerprint density at radius 1 is 1.10 bits per heavy atom. The normalized spacial score (nSPS) is 11.6. The third kappa shape index (κ3) is 4.67. The Hall–Kier alpha value is -3.45. The summed E-state index contributed by atoms with van der Waals surface area (Å²) in [4.78, 5) is 30.7. The first kappa shape index (κ1) is 20.8. The molecule has 2 N–H and O–H groups in total. The third-order valence-corrected chi connectivity index (χ3v) is 5.49. The summed E-state index contributed by atoms with van der Waals surface area (Å²) < 4.78 is 1.21. The maximum Gasteiger partial charge on any atom is 0.291 e. The molecule has 0 saturated heterocycles. The van der Waals surface area contributed by atoms with Gasteiger partial charge in [0.05, 0.1) is 6.20 Å². The molecule has 31 heavy (non-hydrogen) atoms. The second kappa shape index (κ2) is 9.14. The van der Waals surface area contributed by atoms with Gasteiger partial charge in [-0.25, -0.2) is 4.68 Å². The van der Waals surface area contributed by atoms with E-state index in [4.69, 9.17) is 0 Å². The summed E-state index contributed by atoms with van der Waals surface area (Å²) in [6.45, 7) is 6.24. The van der Waals surface area contributed by atoms with Crippen molar-refractivity contribution in [3.63, 3.8) is 0 Å². The van der Waals surface area contributed by atoms with Crippen LogP contribution in [0.5, 0.6) is 0 Å². The summed E-state index contributed by atoms with van der Waals surface area (Å²) in [7, 11) is 0. The second-order valence-electron chi connectivity index (χ2n) is 7.97. The monoisotopic (exact) mass is 417 g/mol. The van der Waals surface area contributed by atoms with Crippen LogP contribution in [-0.4, -0.2) is 44.7 Å². The Morgan fingerprint density at radius 3 is 2.61 bits per heavy atom. The Balaban J connectivity index is 1.38. The van der Waals surface area contributed by atoms with Gasteiger partial charge < -0.3 is 10.3 Å². The molecule has 160 valence electrons. The molecule has 0 aliphatic rings. The zero-order valence-corrected chi connectivity index (χ0v) is 17.8. The van der Waals surface area contributed by atoms with Gasteiger partial charge in [0.1, 0.15) is 12.1 Å². The summed E-state index contributed by atoms with van der Waals surface area (Å²) in [5, 5.41) is 8.84. The molecule has 2 heterocycles. The predicted octanol–water partition coefficient (Wildman–Crippen LogP) is 2.90. The van der Waals surface area contributed by atoms with Crippen molar-refractivity contribution < 1.29 is 4.79 Å². The summed E-state index contributed by atoms with van der Waals surface area (Å²) >= 11 is 0. The number of para-hydroxylation sites is 1. The summed E-state index contributed by atoms with van der Waals surface area (Å²) in [6.07, 6.45) is 1.64. The van der Waals surface area contributed by atoms with Crippen molar-refractivity contribution in [1.29, 1.82) is 0 Å². The van der Waals surface area contributed by atoms with Crippen LogP contribution in [0.4, 0.5) is 0 Å². The van der Waals surface area contributed by atoms with E-state index in [0.29, 0.717) is 18.1 Å². The van der Waals surface area contributed by atoms with E-state index in [-0.39, 0.29) is 18.0 Å². The van der Waals surface area contributed by atoms with E-state index in [9.17, 15) is 9.59 Å². The van der Waals surface area contributed by atoms with Gasteiger partial charge in [-0.2, -0.15) is 5.10 Å². The first-order valence-electron chi connectivity index (χ1n) is 10.5. The largest absolute Gasteiger partial charge is 0.353 e. The van der Waals surface area contributed by atoms with Crippen molar-refractivity contribution in [2.75, 3.05) is 13.1 Å². The maximum atomic E-state index is 12.8. The van der Waals surface area contributed by atoms with Gasteiger partial charge in [-0.3, -0.25) is 14.5 Å². The zero-order valence-electron chi connectivity index (χ0n) is 17.8. The highest BCUT2D eigenvalue weighted by Gasteiger charge is 2.14. The molecule has 4 rings (SSSR count). The lowest BCUT2D eigenvalue weighted by molar-refractivity contribution is -0.122. The molecule has 0 aliphatic heterocycles. The third-order valence-electron chi connectivity index (χ3n) is 5.49. The number of H-pyrrole nitrogens is 1. The van der Waals surface area contributed by atoms with E-state index in [1.165, 1.54) is 10.2 Å². The molecule has 1 amide bonds. The Kier molecular flexibility index (Phi) is 6.13. The predicted molar refractivity (Wildman–Crippen MR) is 123 cm³/mol. The second-order valence-corrected chi connectivity index (χ2v) is 7.97. The van der Waals surface area contributed by atoms with E-state index < -0.39 is 0 Å². The number of carbonyl (C=O) groups excluding carboxylic acids is 1. The molecular formula is C24H27N5O2. The molecule has 0 fully saturated rings. The smallest absolute Gasteiger partial charge is 0.291 e. The van der Waals surface area contributed by atoms with Crippen LogP contribution in [0, 0.1) is 0 Å². The quantitative estimate of drug-likeness (QED) is 0.462. The topological polar surface area (TPSA) is 83.0 Å². The Labute approximate surface area is 180 Å². The minimum absolute atomic E-state index is 0.107. The van der Waals surface area contributed by atoms with Gasteiger partial charge in [-0.15, -0.1) is 0 Å². The standard InChI is InChI=1S/C24H27N5O2/c1-17(2)28(15-18-8-4-3-5-9-18)13-12-25-22(30)16-29-24(31)23-20(14-26-29)19-10-6-7-11-21(19)27-23/h3-11,14,17,27H,12-13,15-16H2,1-2H3,(H,25,30). The van der Waals surface area contributed by atoms with Crippen molar-refractivity contribution in [2.24, 2.45) is 0 Å². The van der Waals surface area contributed by atoms with E-state index >= 15 is 0 Å². The highest BCUT2D eigenvalue weighted by molar-refractivity contribution is 6.06. The number of aromatic nitrogens is 3.